The molecule has 1 heterocycles. The molecule has 9 nitrogen and oxygen atoms in total. The molecule has 11 heteroatoms. The zero-order valence-electron chi connectivity index (χ0n) is 15.1. The summed E-state index contributed by atoms with van der Waals surface area (Å²) >= 11 is 3.06. The summed E-state index contributed by atoms with van der Waals surface area (Å²) in [5, 5.41) is 13.5. The molecule has 0 unspecified atom stereocenters. The Morgan fingerprint density at radius 2 is 2.07 bits per heavy atom. The number of rotatable bonds is 8. The second kappa shape index (κ2) is 9.64. The van der Waals surface area contributed by atoms with Crippen LogP contribution in [0.4, 0.5) is 15.9 Å². The normalized spacial score (nSPS) is 10.7. The Morgan fingerprint density at radius 1 is 1.28 bits per heavy atom. The quantitative estimate of drug-likeness (QED) is 0.388. The van der Waals surface area contributed by atoms with Gasteiger partial charge < -0.3 is 10.1 Å². The molecule has 0 saturated carbocycles. The van der Waals surface area contributed by atoms with E-state index in [2.05, 4.69) is 46.8 Å². The van der Waals surface area contributed by atoms with E-state index in [1.54, 1.807) is 31.4 Å². The van der Waals surface area contributed by atoms with E-state index in [0.29, 0.717) is 11.4 Å². The number of nitrogens with zero attached hydrogens (tertiary/aromatic N) is 3. The Balaban J connectivity index is 1.53. The van der Waals surface area contributed by atoms with E-state index in [0.717, 1.165) is 5.56 Å². The molecular formula is C18H15BrFN5O4. The summed E-state index contributed by atoms with van der Waals surface area (Å²) in [6.07, 6.45) is 1.33. The standard InChI is InChI=1S/C18H15BrFN5O4/c1-27-13-5-2-11(3-6-13)8-17(26)22-18-16(24-29-25-18)10-21-28-23-12-4-7-15(20)14(19)9-12/h2-7,9-10,23H,8H2,1H3,(H,22,25,26)/b21-10+. The monoisotopic (exact) mass is 463 g/mol. The topological polar surface area (TPSA) is 111 Å². The number of oxime groups is 1. The van der Waals surface area contributed by atoms with E-state index in [-0.39, 0.29) is 28.3 Å². The molecule has 0 spiro atoms. The first-order chi connectivity index (χ1) is 14.0. The van der Waals surface area contributed by atoms with Crippen molar-refractivity contribution in [1.82, 2.24) is 10.3 Å². The lowest BCUT2D eigenvalue weighted by molar-refractivity contribution is -0.115. The molecule has 0 fully saturated rings. The minimum absolute atomic E-state index is 0.0976. The van der Waals surface area contributed by atoms with Gasteiger partial charge in [0.15, 0.2) is 5.69 Å². The number of aromatic nitrogens is 2. The molecule has 2 N–H and O–H groups in total. The van der Waals surface area contributed by atoms with Crippen LogP contribution in [0, 0.1) is 5.82 Å². The minimum atomic E-state index is -0.400. The number of halogens is 2. The van der Waals surface area contributed by atoms with Crippen molar-refractivity contribution < 1.29 is 23.5 Å². The fraction of sp³-hybridized carbons (Fsp3) is 0.111. The molecule has 1 aromatic heterocycles. The number of anilines is 2. The third kappa shape index (κ3) is 5.75. The van der Waals surface area contributed by atoms with Gasteiger partial charge in [0.1, 0.15) is 17.8 Å². The van der Waals surface area contributed by atoms with E-state index in [1.165, 1.54) is 24.4 Å². The number of amides is 1. The SMILES string of the molecule is COc1ccc(CC(=O)Nc2nonc2/C=N/ONc2ccc(F)c(Br)c2)cc1. The number of carbonyl (C=O) groups is 1. The van der Waals surface area contributed by atoms with Crippen LogP contribution >= 0.6 is 15.9 Å². The first-order valence-electron chi connectivity index (χ1n) is 8.21. The molecule has 2 aromatic carbocycles. The molecule has 0 aliphatic heterocycles. The number of methoxy groups -OCH3 is 1. The average molecular weight is 464 g/mol. The van der Waals surface area contributed by atoms with Crippen LogP contribution in [0.5, 0.6) is 5.75 Å². The van der Waals surface area contributed by atoms with Crippen LogP contribution in [0.15, 0.2) is 56.7 Å². The van der Waals surface area contributed by atoms with E-state index in [9.17, 15) is 9.18 Å². The van der Waals surface area contributed by atoms with Crippen molar-refractivity contribution in [3.8, 4) is 5.75 Å². The Bertz CT molecular complexity index is 1010. The van der Waals surface area contributed by atoms with Gasteiger partial charge >= 0.3 is 0 Å². The fourth-order valence-electron chi connectivity index (χ4n) is 2.19. The number of hydrogen-bond acceptors (Lipinski definition) is 8. The maximum Gasteiger partial charge on any atom is 0.230 e. The highest BCUT2D eigenvalue weighted by Crippen LogP contribution is 2.20. The van der Waals surface area contributed by atoms with Gasteiger partial charge in [0.25, 0.3) is 0 Å². The molecule has 1 amide bonds. The highest BCUT2D eigenvalue weighted by Gasteiger charge is 2.12. The van der Waals surface area contributed by atoms with Crippen LogP contribution in [0.25, 0.3) is 0 Å². The van der Waals surface area contributed by atoms with Crippen LogP contribution in [0.1, 0.15) is 11.3 Å². The van der Waals surface area contributed by atoms with Crippen molar-refractivity contribution >= 4 is 39.6 Å². The van der Waals surface area contributed by atoms with Gasteiger partial charge in [0.2, 0.25) is 11.7 Å². The van der Waals surface area contributed by atoms with Gasteiger partial charge in [0, 0.05) is 0 Å². The Kier molecular flexibility index (Phi) is 6.74. The summed E-state index contributed by atoms with van der Waals surface area (Å²) in [6, 6.07) is 11.3. The third-order valence-corrected chi connectivity index (χ3v) is 4.21. The Labute approximate surface area is 172 Å². The van der Waals surface area contributed by atoms with Gasteiger partial charge in [-0.05, 0) is 62.1 Å². The fourth-order valence-corrected chi connectivity index (χ4v) is 2.57. The van der Waals surface area contributed by atoms with Crippen molar-refractivity contribution in [3.63, 3.8) is 0 Å². The maximum absolute atomic E-state index is 13.2. The summed E-state index contributed by atoms with van der Waals surface area (Å²) < 4.78 is 23.2. The Morgan fingerprint density at radius 3 is 2.79 bits per heavy atom. The van der Waals surface area contributed by atoms with Gasteiger partial charge in [-0.3, -0.25) is 9.73 Å². The van der Waals surface area contributed by atoms with E-state index in [1.807, 2.05) is 0 Å². The Hall–Kier alpha value is -3.47. The minimum Gasteiger partial charge on any atom is -0.497 e. The molecule has 3 aromatic rings. The molecule has 29 heavy (non-hydrogen) atoms. The lowest BCUT2D eigenvalue weighted by Crippen LogP contribution is -2.15. The van der Waals surface area contributed by atoms with E-state index in [4.69, 9.17) is 9.68 Å². The van der Waals surface area contributed by atoms with Crippen molar-refractivity contribution in [2.45, 2.75) is 6.42 Å². The summed E-state index contributed by atoms with van der Waals surface area (Å²) in [7, 11) is 1.57. The van der Waals surface area contributed by atoms with E-state index >= 15 is 0 Å². The van der Waals surface area contributed by atoms with Crippen molar-refractivity contribution in [2.24, 2.45) is 5.16 Å². The molecular weight excluding hydrogens is 449 g/mol. The van der Waals surface area contributed by atoms with Crippen LogP contribution in [-0.2, 0) is 16.2 Å². The maximum atomic E-state index is 13.2. The second-order valence-electron chi connectivity index (χ2n) is 5.63. The number of carbonyl (C=O) groups excluding carboxylic acids is 1. The molecule has 0 radical (unpaired) electrons. The first kappa shape index (κ1) is 20.3. The van der Waals surface area contributed by atoms with Crippen LogP contribution < -0.4 is 15.5 Å². The van der Waals surface area contributed by atoms with Crippen LogP contribution in [0.2, 0.25) is 0 Å². The highest BCUT2D eigenvalue weighted by atomic mass is 79.9. The zero-order chi connectivity index (χ0) is 20.6. The molecule has 0 bridgehead atoms. The van der Waals surface area contributed by atoms with Crippen LogP contribution in [0.3, 0.4) is 0 Å². The zero-order valence-corrected chi connectivity index (χ0v) is 16.6. The molecule has 3 rings (SSSR count). The summed E-state index contributed by atoms with van der Waals surface area (Å²) in [4.78, 5) is 17.1. The number of hydrogen-bond donors (Lipinski definition) is 2. The summed E-state index contributed by atoms with van der Waals surface area (Å²) in [5.41, 5.74) is 3.94. The summed E-state index contributed by atoms with van der Waals surface area (Å²) in [6.45, 7) is 0. The average Bonchev–Trinajstić information content (AvgIpc) is 3.15. The number of nitrogens with one attached hydrogen (secondary N) is 2. The van der Waals surface area contributed by atoms with Gasteiger partial charge in [-0.1, -0.05) is 17.3 Å². The van der Waals surface area contributed by atoms with Crippen molar-refractivity contribution in [1.29, 1.82) is 0 Å². The third-order valence-electron chi connectivity index (χ3n) is 3.61. The number of benzene rings is 2. The van der Waals surface area contributed by atoms with Crippen LogP contribution in [-0.4, -0.2) is 29.5 Å². The van der Waals surface area contributed by atoms with Gasteiger partial charge in [-0.15, -0.1) is 0 Å². The van der Waals surface area contributed by atoms with Gasteiger partial charge in [-0.2, -0.15) is 5.48 Å². The smallest absolute Gasteiger partial charge is 0.230 e. The predicted octanol–water partition coefficient (Wildman–Crippen LogP) is 3.54. The first-order valence-corrected chi connectivity index (χ1v) is 9.00. The molecule has 0 saturated heterocycles. The number of ether oxygens (including phenoxy) is 1. The van der Waals surface area contributed by atoms with Crippen molar-refractivity contribution in [2.75, 3.05) is 17.9 Å². The molecule has 0 atom stereocenters. The van der Waals surface area contributed by atoms with Crippen molar-refractivity contribution in [3.05, 3.63) is 64.0 Å². The lowest BCUT2D eigenvalue weighted by Gasteiger charge is -2.04. The molecule has 0 aliphatic carbocycles. The van der Waals surface area contributed by atoms with Gasteiger partial charge in [-0.25, -0.2) is 9.02 Å². The largest absolute Gasteiger partial charge is 0.497 e. The predicted molar refractivity (Wildman–Crippen MR) is 106 cm³/mol. The summed E-state index contributed by atoms with van der Waals surface area (Å²) in [5.74, 6) is 0.0915. The molecule has 150 valence electrons. The highest BCUT2D eigenvalue weighted by molar-refractivity contribution is 9.10. The second-order valence-corrected chi connectivity index (χ2v) is 6.48. The lowest BCUT2D eigenvalue weighted by atomic mass is 10.1. The molecule has 0 aliphatic rings. The van der Waals surface area contributed by atoms with Gasteiger partial charge in [0.05, 0.1) is 23.7 Å². The van der Waals surface area contributed by atoms with E-state index < -0.39 is 5.82 Å².